The Morgan fingerprint density at radius 1 is 1.45 bits per heavy atom. The standard InChI is InChI=1S/C15H22N2O3/c1-17(2)6-5-10-3-4-14(18)12(7-10)13-8-11(9-16-13)15(19)20/h3-4,7,11,13,16,18H,5-6,8-9H2,1-2H3,(H,19,20). The number of hydrogen-bond acceptors (Lipinski definition) is 4. The molecule has 2 rings (SSSR count). The van der Waals surface area contributed by atoms with Gasteiger partial charge in [0.2, 0.25) is 0 Å². The minimum absolute atomic E-state index is 0.0737. The van der Waals surface area contributed by atoms with Crippen molar-refractivity contribution in [1.82, 2.24) is 10.2 Å². The number of aliphatic carboxylic acids is 1. The van der Waals surface area contributed by atoms with Crippen molar-refractivity contribution in [3.63, 3.8) is 0 Å². The van der Waals surface area contributed by atoms with Crippen LogP contribution in [0.15, 0.2) is 18.2 Å². The summed E-state index contributed by atoms with van der Waals surface area (Å²) in [6, 6.07) is 5.54. The third-order valence-corrected chi connectivity index (χ3v) is 3.80. The number of rotatable bonds is 5. The topological polar surface area (TPSA) is 72.8 Å². The van der Waals surface area contributed by atoms with E-state index in [0.717, 1.165) is 24.1 Å². The van der Waals surface area contributed by atoms with Crippen LogP contribution in [0.25, 0.3) is 0 Å². The van der Waals surface area contributed by atoms with Gasteiger partial charge in [-0.05, 0) is 38.6 Å². The Kier molecular flexibility index (Phi) is 4.62. The van der Waals surface area contributed by atoms with E-state index in [0.29, 0.717) is 13.0 Å². The lowest BCUT2D eigenvalue weighted by molar-refractivity contribution is -0.141. The van der Waals surface area contributed by atoms with Gasteiger partial charge in [0.15, 0.2) is 0 Å². The lowest BCUT2D eigenvalue weighted by atomic mass is 9.97. The van der Waals surface area contributed by atoms with Crippen LogP contribution in [0.1, 0.15) is 23.6 Å². The fourth-order valence-electron chi connectivity index (χ4n) is 2.55. The number of aromatic hydroxyl groups is 1. The smallest absolute Gasteiger partial charge is 0.307 e. The van der Waals surface area contributed by atoms with Crippen LogP contribution < -0.4 is 5.32 Å². The van der Waals surface area contributed by atoms with Gasteiger partial charge in [0, 0.05) is 24.7 Å². The minimum Gasteiger partial charge on any atom is -0.508 e. The van der Waals surface area contributed by atoms with Crippen molar-refractivity contribution in [1.29, 1.82) is 0 Å². The van der Waals surface area contributed by atoms with E-state index >= 15 is 0 Å². The summed E-state index contributed by atoms with van der Waals surface area (Å²) >= 11 is 0. The van der Waals surface area contributed by atoms with E-state index in [4.69, 9.17) is 5.11 Å². The summed E-state index contributed by atoms with van der Waals surface area (Å²) in [5.41, 5.74) is 1.97. The molecule has 0 aliphatic carbocycles. The zero-order chi connectivity index (χ0) is 14.7. The third kappa shape index (κ3) is 3.49. The van der Waals surface area contributed by atoms with E-state index in [9.17, 15) is 9.90 Å². The average Bonchev–Trinajstić information content (AvgIpc) is 2.87. The van der Waals surface area contributed by atoms with Crippen molar-refractivity contribution in [3.8, 4) is 5.75 Å². The first-order chi connectivity index (χ1) is 9.47. The summed E-state index contributed by atoms with van der Waals surface area (Å²) in [5.74, 6) is -0.907. The van der Waals surface area contributed by atoms with Crippen molar-refractivity contribution in [2.75, 3.05) is 27.2 Å². The molecule has 0 radical (unpaired) electrons. The molecule has 5 heteroatoms. The average molecular weight is 278 g/mol. The van der Waals surface area contributed by atoms with Crippen LogP contribution in [0, 0.1) is 5.92 Å². The highest BCUT2D eigenvalue weighted by Crippen LogP contribution is 2.33. The molecule has 1 heterocycles. The summed E-state index contributed by atoms with van der Waals surface area (Å²) in [6.45, 7) is 1.40. The molecule has 1 fully saturated rings. The maximum absolute atomic E-state index is 11.0. The van der Waals surface area contributed by atoms with Gasteiger partial charge in [0.25, 0.3) is 0 Å². The van der Waals surface area contributed by atoms with Gasteiger partial charge in [-0.3, -0.25) is 4.79 Å². The highest BCUT2D eigenvalue weighted by molar-refractivity contribution is 5.71. The molecule has 110 valence electrons. The molecule has 2 atom stereocenters. The summed E-state index contributed by atoms with van der Waals surface area (Å²) in [7, 11) is 4.05. The van der Waals surface area contributed by atoms with E-state index in [1.807, 2.05) is 26.2 Å². The summed E-state index contributed by atoms with van der Waals surface area (Å²) in [4.78, 5) is 13.1. The second-order valence-electron chi connectivity index (χ2n) is 5.68. The van der Waals surface area contributed by atoms with Crippen LogP contribution in [0.4, 0.5) is 0 Å². The Hall–Kier alpha value is -1.59. The molecular weight excluding hydrogens is 256 g/mol. The first-order valence-corrected chi connectivity index (χ1v) is 6.90. The zero-order valence-electron chi connectivity index (χ0n) is 12.0. The number of likely N-dealkylation sites (N-methyl/N-ethyl adjacent to an activating group) is 1. The van der Waals surface area contributed by atoms with Crippen LogP contribution in [-0.4, -0.2) is 48.3 Å². The molecule has 0 bridgehead atoms. The number of nitrogens with one attached hydrogen (secondary N) is 1. The summed E-state index contributed by atoms with van der Waals surface area (Å²) in [6.07, 6.45) is 1.44. The Labute approximate surface area is 119 Å². The number of phenolic OH excluding ortho intramolecular Hbond substituents is 1. The van der Waals surface area contributed by atoms with Crippen molar-refractivity contribution in [2.45, 2.75) is 18.9 Å². The van der Waals surface area contributed by atoms with Gasteiger partial charge in [-0.2, -0.15) is 0 Å². The van der Waals surface area contributed by atoms with Gasteiger partial charge in [-0.25, -0.2) is 0 Å². The predicted octanol–water partition coefficient (Wildman–Crippen LogP) is 1.23. The highest BCUT2D eigenvalue weighted by Gasteiger charge is 2.31. The number of hydrogen-bond donors (Lipinski definition) is 3. The Morgan fingerprint density at radius 3 is 2.80 bits per heavy atom. The molecule has 20 heavy (non-hydrogen) atoms. The zero-order valence-corrected chi connectivity index (χ0v) is 12.0. The second-order valence-corrected chi connectivity index (χ2v) is 5.68. The number of carbonyl (C=O) groups is 1. The Morgan fingerprint density at radius 2 is 2.20 bits per heavy atom. The predicted molar refractivity (Wildman–Crippen MR) is 76.9 cm³/mol. The highest BCUT2D eigenvalue weighted by atomic mass is 16.4. The molecule has 3 N–H and O–H groups in total. The lowest BCUT2D eigenvalue weighted by Crippen LogP contribution is -2.17. The molecule has 2 unspecified atom stereocenters. The molecule has 0 saturated carbocycles. The molecule has 1 aliphatic heterocycles. The first-order valence-electron chi connectivity index (χ1n) is 6.90. The van der Waals surface area contributed by atoms with E-state index < -0.39 is 5.97 Å². The fraction of sp³-hybridized carbons (Fsp3) is 0.533. The number of nitrogens with zero attached hydrogens (tertiary/aromatic N) is 1. The quantitative estimate of drug-likeness (QED) is 0.755. The maximum atomic E-state index is 11.0. The van der Waals surface area contributed by atoms with Crippen molar-refractivity contribution in [2.24, 2.45) is 5.92 Å². The molecular formula is C15H22N2O3. The number of benzene rings is 1. The summed E-state index contributed by atoms with van der Waals surface area (Å²) in [5, 5.41) is 22.2. The van der Waals surface area contributed by atoms with Gasteiger partial charge < -0.3 is 20.4 Å². The molecule has 1 aromatic carbocycles. The van der Waals surface area contributed by atoms with Gasteiger partial charge in [0.05, 0.1) is 5.92 Å². The minimum atomic E-state index is -0.775. The maximum Gasteiger partial charge on any atom is 0.307 e. The fourth-order valence-corrected chi connectivity index (χ4v) is 2.55. The Balaban J connectivity index is 2.11. The molecule has 1 saturated heterocycles. The van der Waals surface area contributed by atoms with Gasteiger partial charge in [-0.15, -0.1) is 0 Å². The van der Waals surface area contributed by atoms with Crippen LogP contribution in [0.5, 0.6) is 5.75 Å². The molecule has 0 spiro atoms. The largest absolute Gasteiger partial charge is 0.508 e. The van der Waals surface area contributed by atoms with Crippen LogP contribution in [-0.2, 0) is 11.2 Å². The summed E-state index contributed by atoms with van der Waals surface area (Å²) < 4.78 is 0. The molecule has 0 amide bonds. The molecule has 0 aromatic heterocycles. The van der Waals surface area contributed by atoms with Crippen LogP contribution in [0.3, 0.4) is 0 Å². The van der Waals surface area contributed by atoms with Crippen LogP contribution in [0.2, 0.25) is 0 Å². The normalized spacial score (nSPS) is 22.4. The number of phenols is 1. The molecule has 5 nitrogen and oxygen atoms in total. The lowest BCUT2D eigenvalue weighted by Gasteiger charge is -2.15. The number of carboxylic acid groups (broad SMARTS) is 1. The SMILES string of the molecule is CN(C)CCc1ccc(O)c(C2CC(C(=O)O)CN2)c1. The van der Waals surface area contributed by atoms with Gasteiger partial charge in [-0.1, -0.05) is 12.1 Å². The Bertz CT molecular complexity index is 488. The van der Waals surface area contributed by atoms with Gasteiger partial charge >= 0.3 is 5.97 Å². The molecule has 1 aromatic rings. The number of carboxylic acids is 1. The first kappa shape index (κ1) is 14.8. The second kappa shape index (κ2) is 6.24. The van der Waals surface area contributed by atoms with Crippen LogP contribution >= 0.6 is 0 Å². The van der Waals surface area contributed by atoms with E-state index in [-0.39, 0.29) is 17.7 Å². The van der Waals surface area contributed by atoms with Crippen molar-refractivity contribution < 1.29 is 15.0 Å². The third-order valence-electron chi connectivity index (χ3n) is 3.80. The van der Waals surface area contributed by atoms with Crippen molar-refractivity contribution in [3.05, 3.63) is 29.3 Å². The monoisotopic (exact) mass is 278 g/mol. The van der Waals surface area contributed by atoms with Gasteiger partial charge in [0.1, 0.15) is 5.75 Å². The van der Waals surface area contributed by atoms with E-state index in [1.54, 1.807) is 6.07 Å². The van der Waals surface area contributed by atoms with Crippen molar-refractivity contribution >= 4 is 5.97 Å². The molecule has 1 aliphatic rings. The van der Waals surface area contributed by atoms with E-state index in [2.05, 4.69) is 10.2 Å². The van der Waals surface area contributed by atoms with E-state index in [1.165, 1.54) is 0 Å².